The number of hydrogen-bond donors (Lipinski definition) is 1. The first kappa shape index (κ1) is 9.97. The smallest absolute Gasteiger partial charge is 0.312 e. The van der Waals surface area contributed by atoms with Crippen molar-refractivity contribution in [1.29, 1.82) is 0 Å². The summed E-state index contributed by atoms with van der Waals surface area (Å²) in [5.74, 6) is -2.73. The van der Waals surface area contributed by atoms with Gasteiger partial charge in [0.15, 0.2) is 0 Å². The molecule has 62 valence electrons. The third-order valence-electron chi connectivity index (χ3n) is 1.15. The Bertz CT molecular complexity index is 120. The molecule has 0 aromatic carbocycles. The van der Waals surface area contributed by atoms with Gasteiger partial charge in [0, 0.05) is 5.25 Å². The van der Waals surface area contributed by atoms with Crippen molar-refractivity contribution in [3.8, 4) is 0 Å². The molecule has 0 heterocycles. The fourth-order valence-corrected chi connectivity index (χ4v) is 1.25. The third kappa shape index (κ3) is 3.22. The molecule has 0 fully saturated rings. The van der Waals surface area contributed by atoms with Gasteiger partial charge < -0.3 is 5.73 Å². The number of halogens is 2. The first-order valence-electron chi connectivity index (χ1n) is 2.97. The van der Waals surface area contributed by atoms with Gasteiger partial charge in [0.1, 0.15) is 0 Å². The van der Waals surface area contributed by atoms with Crippen LogP contribution < -0.4 is 5.73 Å². The van der Waals surface area contributed by atoms with Crippen LogP contribution in [0.3, 0.4) is 0 Å². The zero-order valence-electron chi connectivity index (χ0n) is 5.72. The van der Waals surface area contributed by atoms with Crippen LogP contribution in [0.5, 0.6) is 0 Å². The fraction of sp³-hybridized carbons (Fsp3) is 1.00. The molecule has 0 aromatic rings. The summed E-state index contributed by atoms with van der Waals surface area (Å²) in [5, 5.41) is -0.495. The molecule has 0 bridgehead atoms. The lowest BCUT2D eigenvalue weighted by Gasteiger charge is -2.07. The topological polar surface area (TPSA) is 43.1 Å². The second-order valence-electron chi connectivity index (χ2n) is 1.98. The van der Waals surface area contributed by atoms with Gasteiger partial charge in [-0.15, -0.1) is 0 Å². The van der Waals surface area contributed by atoms with Crippen molar-refractivity contribution >= 4 is 10.8 Å². The third-order valence-corrected chi connectivity index (χ3v) is 2.53. The zero-order chi connectivity index (χ0) is 8.15. The van der Waals surface area contributed by atoms with Gasteiger partial charge in [-0.2, -0.15) is 8.78 Å². The van der Waals surface area contributed by atoms with E-state index in [1.807, 2.05) is 0 Å². The summed E-state index contributed by atoms with van der Waals surface area (Å²) in [5.41, 5.74) is 5.09. The minimum absolute atomic E-state index is 0.305. The van der Waals surface area contributed by atoms with Crippen molar-refractivity contribution in [2.24, 2.45) is 5.73 Å². The van der Waals surface area contributed by atoms with Crippen molar-refractivity contribution in [3.63, 3.8) is 0 Å². The Hall–Kier alpha value is -0.0300. The Morgan fingerprint density at radius 3 is 2.40 bits per heavy atom. The molecule has 0 aliphatic rings. The summed E-state index contributed by atoms with van der Waals surface area (Å²) in [6.45, 7) is 1.81. The van der Waals surface area contributed by atoms with Crippen LogP contribution in [0.15, 0.2) is 0 Å². The molecule has 0 rings (SSSR count). The van der Waals surface area contributed by atoms with E-state index in [1.54, 1.807) is 0 Å². The normalized spacial score (nSPS) is 17.3. The van der Waals surface area contributed by atoms with E-state index in [9.17, 15) is 13.0 Å². The Labute approximate surface area is 61.2 Å². The van der Waals surface area contributed by atoms with Gasteiger partial charge in [0.25, 0.3) is 0 Å². The van der Waals surface area contributed by atoms with Crippen LogP contribution in [-0.2, 0) is 10.8 Å². The van der Waals surface area contributed by atoms with Gasteiger partial charge >= 0.3 is 5.76 Å². The second-order valence-corrected chi connectivity index (χ2v) is 3.80. The van der Waals surface area contributed by atoms with Gasteiger partial charge in [0.05, 0.1) is 10.8 Å². The maximum atomic E-state index is 11.7. The minimum Gasteiger partial charge on any atom is -0.330 e. The molecule has 0 aromatic heterocycles. The highest BCUT2D eigenvalue weighted by molar-refractivity contribution is 7.85. The Kier molecular flexibility index (Phi) is 4.72. The molecular formula is C5H11F2NOS. The standard InChI is InChI=1S/C5H11F2NOS/c1-4(2-3-8)10(9)5(6)7/h4-5H,2-3,8H2,1H3. The van der Waals surface area contributed by atoms with E-state index in [-0.39, 0.29) is 0 Å². The lowest BCUT2D eigenvalue weighted by Crippen LogP contribution is -2.20. The first-order chi connectivity index (χ1) is 4.59. The van der Waals surface area contributed by atoms with Crippen molar-refractivity contribution in [1.82, 2.24) is 0 Å². The number of hydrogen-bond acceptors (Lipinski definition) is 2. The van der Waals surface area contributed by atoms with Crippen molar-refractivity contribution < 1.29 is 13.0 Å². The Balaban J connectivity index is 3.71. The van der Waals surface area contributed by atoms with Crippen molar-refractivity contribution in [2.45, 2.75) is 24.4 Å². The second kappa shape index (κ2) is 4.73. The lowest BCUT2D eigenvalue weighted by molar-refractivity contribution is 0.242. The summed E-state index contributed by atoms with van der Waals surface area (Å²) < 4.78 is 33.9. The van der Waals surface area contributed by atoms with E-state index < -0.39 is 21.8 Å². The maximum Gasteiger partial charge on any atom is 0.312 e. The van der Waals surface area contributed by atoms with Crippen LogP contribution in [0.4, 0.5) is 8.78 Å². The van der Waals surface area contributed by atoms with Crippen molar-refractivity contribution in [2.75, 3.05) is 6.54 Å². The predicted octanol–water partition coefficient (Wildman–Crippen LogP) is 0.695. The van der Waals surface area contributed by atoms with E-state index >= 15 is 0 Å². The van der Waals surface area contributed by atoms with Crippen LogP contribution >= 0.6 is 0 Å². The molecule has 0 aliphatic carbocycles. The SMILES string of the molecule is CC(CCN)S(=O)C(F)F. The Morgan fingerprint density at radius 1 is 1.60 bits per heavy atom. The summed E-state index contributed by atoms with van der Waals surface area (Å²) >= 11 is 0. The number of nitrogens with two attached hydrogens (primary N) is 1. The van der Waals surface area contributed by atoms with Gasteiger partial charge in [-0.3, -0.25) is 4.21 Å². The van der Waals surface area contributed by atoms with E-state index in [0.29, 0.717) is 13.0 Å². The highest BCUT2D eigenvalue weighted by Gasteiger charge is 2.19. The summed E-state index contributed by atoms with van der Waals surface area (Å²) in [6, 6.07) is 0. The predicted molar refractivity (Wildman–Crippen MR) is 37.3 cm³/mol. The summed E-state index contributed by atoms with van der Waals surface area (Å²) in [4.78, 5) is 0. The molecule has 0 saturated heterocycles. The van der Waals surface area contributed by atoms with Gasteiger partial charge in [-0.05, 0) is 13.0 Å². The first-order valence-corrected chi connectivity index (χ1v) is 4.24. The maximum absolute atomic E-state index is 11.7. The van der Waals surface area contributed by atoms with Crippen LogP contribution in [0.1, 0.15) is 13.3 Å². The minimum atomic E-state index is -2.73. The summed E-state index contributed by atoms with van der Waals surface area (Å²) in [7, 11) is -2.03. The van der Waals surface area contributed by atoms with Crippen LogP contribution in [-0.4, -0.2) is 21.8 Å². The van der Waals surface area contributed by atoms with E-state index in [0.717, 1.165) is 0 Å². The highest BCUT2D eigenvalue weighted by Crippen LogP contribution is 2.08. The molecule has 2 atom stereocenters. The van der Waals surface area contributed by atoms with Gasteiger partial charge in [-0.25, -0.2) is 0 Å². The zero-order valence-corrected chi connectivity index (χ0v) is 6.54. The molecule has 2 N–H and O–H groups in total. The lowest BCUT2D eigenvalue weighted by atomic mass is 10.3. The van der Waals surface area contributed by atoms with E-state index in [4.69, 9.17) is 5.73 Å². The number of alkyl halides is 2. The molecular weight excluding hydrogens is 160 g/mol. The monoisotopic (exact) mass is 171 g/mol. The molecule has 0 amide bonds. The average molecular weight is 171 g/mol. The largest absolute Gasteiger partial charge is 0.330 e. The van der Waals surface area contributed by atoms with Crippen LogP contribution in [0.25, 0.3) is 0 Å². The quantitative estimate of drug-likeness (QED) is 0.676. The molecule has 2 unspecified atom stereocenters. The molecule has 5 heteroatoms. The van der Waals surface area contributed by atoms with Gasteiger partial charge in [-0.1, -0.05) is 6.92 Å². The molecule has 0 radical (unpaired) electrons. The molecule has 0 spiro atoms. The van der Waals surface area contributed by atoms with E-state index in [2.05, 4.69) is 0 Å². The highest BCUT2D eigenvalue weighted by atomic mass is 32.2. The van der Waals surface area contributed by atoms with Crippen molar-refractivity contribution in [3.05, 3.63) is 0 Å². The molecule has 2 nitrogen and oxygen atoms in total. The van der Waals surface area contributed by atoms with Crippen LogP contribution in [0, 0.1) is 0 Å². The van der Waals surface area contributed by atoms with E-state index in [1.165, 1.54) is 6.92 Å². The molecule has 10 heavy (non-hydrogen) atoms. The fourth-order valence-electron chi connectivity index (χ4n) is 0.526. The average Bonchev–Trinajstić information content (AvgIpc) is 1.87. The summed E-state index contributed by atoms with van der Waals surface area (Å²) in [6.07, 6.45) is 0.386. The Morgan fingerprint density at radius 2 is 2.10 bits per heavy atom. The van der Waals surface area contributed by atoms with Crippen LogP contribution in [0.2, 0.25) is 0 Å². The number of rotatable bonds is 4. The van der Waals surface area contributed by atoms with Gasteiger partial charge in [0.2, 0.25) is 0 Å². The molecule has 0 saturated carbocycles. The molecule has 0 aliphatic heterocycles.